The molecule has 0 aromatic carbocycles. The molecule has 0 heterocycles. The smallest absolute Gasteiger partial charge is 0.313 e. The lowest BCUT2D eigenvalue weighted by molar-refractivity contribution is 0.252. The van der Waals surface area contributed by atoms with E-state index in [0.717, 1.165) is 0 Å². The SMILES string of the molecule is C=CNC(=O)/N=C(\C=C)C(C)C. The number of hydrogen-bond acceptors (Lipinski definition) is 1. The van der Waals surface area contributed by atoms with Crippen LogP contribution in [0.25, 0.3) is 0 Å². The van der Waals surface area contributed by atoms with Crippen LogP contribution in [0.3, 0.4) is 0 Å². The Hall–Kier alpha value is -1.38. The van der Waals surface area contributed by atoms with Gasteiger partial charge in [0.25, 0.3) is 0 Å². The second kappa shape index (κ2) is 5.29. The first-order valence-corrected chi connectivity index (χ1v) is 3.74. The van der Waals surface area contributed by atoms with Gasteiger partial charge in [0.15, 0.2) is 0 Å². The molecule has 0 aliphatic carbocycles. The minimum atomic E-state index is -0.409. The third-order valence-electron chi connectivity index (χ3n) is 1.26. The van der Waals surface area contributed by atoms with Crippen LogP contribution >= 0.6 is 0 Å². The molecule has 0 atom stereocenters. The molecule has 0 spiro atoms. The van der Waals surface area contributed by atoms with Crippen molar-refractivity contribution in [1.82, 2.24) is 5.32 Å². The standard InChI is InChI=1S/C9H14N2O/c1-5-8(7(3)4)11-9(12)10-6-2/h5-7H,1-2H2,3-4H3,(H,10,12)/b11-8+. The van der Waals surface area contributed by atoms with Crippen molar-refractivity contribution in [2.75, 3.05) is 0 Å². The number of nitrogens with zero attached hydrogens (tertiary/aromatic N) is 1. The molecule has 0 aliphatic heterocycles. The van der Waals surface area contributed by atoms with Gasteiger partial charge < -0.3 is 5.32 Å². The van der Waals surface area contributed by atoms with E-state index in [1.54, 1.807) is 6.08 Å². The Labute approximate surface area is 72.9 Å². The van der Waals surface area contributed by atoms with Crippen molar-refractivity contribution in [2.24, 2.45) is 10.9 Å². The summed E-state index contributed by atoms with van der Waals surface area (Å²) in [7, 11) is 0. The van der Waals surface area contributed by atoms with E-state index in [2.05, 4.69) is 23.5 Å². The summed E-state index contributed by atoms with van der Waals surface area (Å²) in [5, 5.41) is 2.35. The number of urea groups is 1. The predicted octanol–water partition coefficient (Wildman–Crippen LogP) is 2.12. The number of amides is 2. The van der Waals surface area contributed by atoms with Gasteiger partial charge in [-0.05, 0) is 18.2 Å². The highest BCUT2D eigenvalue weighted by molar-refractivity contribution is 6.02. The average molecular weight is 166 g/mol. The summed E-state index contributed by atoms with van der Waals surface area (Å²) >= 11 is 0. The summed E-state index contributed by atoms with van der Waals surface area (Å²) in [5.41, 5.74) is 0.675. The van der Waals surface area contributed by atoms with Crippen LogP contribution in [-0.2, 0) is 0 Å². The maximum absolute atomic E-state index is 10.9. The molecule has 0 unspecified atom stereocenters. The van der Waals surface area contributed by atoms with Crippen LogP contribution in [0.2, 0.25) is 0 Å². The number of carbonyl (C=O) groups is 1. The molecule has 0 aromatic rings. The highest BCUT2D eigenvalue weighted by Gasteiger charge is 2.02. The molecule has 1 N–H and O–H groups in total. The molecule has 3 heteroatoms. The topological polar surface area (TPSA) is 41.5 Å². The molecule has 0 saturated carbocycles. The van der Waals surface area contributed by atoms with Crippen molar-refractivity contribution in [1.29, 1.82) is 0 Å². The van der Waals surface area contributed by atoms with Crippen LogP contribution in [0.15, 0.2) is 30.4 Å². The van der Waals surface area contributed by atoms with E-state index >= 15 is 0 Å². The lowest BCUT2D eigenvalue weighted by Crippen LogP contribution is -2.15. The first-order chi connectivity index (χ1) is 5.61. The quantitative estimate of drug-likeness (QED) is 0.641. The maximum atomic E-state index is 10.9. The Kier molecular flexibility index (Phi) is 4.69. The van der Waals surface area contributed by atoms with Gasteiger partial charge in [0.05, 0.1) is 0 Å². The lowest BCUT2D eigenvalue weighted by Gasteiger charge is -2.02. The van der Waals surface area contributed by atoms with Gasteiger partial charge in [-0.1, -0.05) is 27.0 Å². The van der Waals surface area contributed by atoms with Gasteiger partial charge in [-0.15, -0.1) is 0 Å². The number of allylic oxidation sites excluding steroid dienone is 1. The fourth-order valence-electron chi connectivity index (χ4n) is 0.647. The fourth-order valence-corrected chi connectivity index (χ4v) is 0.647. The average Bonchev–Trinajstić information content (AvgIpc) is 2.00. The zero-order valence-corrected chi connectivity index (χ0v) is 7.50. The Morgan fingerprint density at radius 1 is 1.50 bits per heavy atom. The molecular formula is C9H14N2O. The molecule has 12 heavy (non-hydrogen) atoms. The maximum Gasteiger partial charge on any atom is 0.345 e. The minimum Gasteiger partial charge on any atom is -0.313 e. The van der Waals surface area contributed by atoms with E-state index in [-0.39, 0.29) is 5.92 Å². The van der Waals surface area contributed by atoms with Crippen molar-refractivity contribution < 1.29 is 4.79 Å². The predicted molar refractivity (Wildman–Crippen MR) is 51.2 cm³/mol. The molecule has 0 saturated heterocycles. The molecule has 0 radical (unpaired) electrons. The normalized spacial score (nSPS) is 11.1. The zero-order valence-electron chi connectivity index (χ0n) is 7.50. The monoisotopic (exact) mass is 166 g/mol. The Morgan fingerprint density at radius 2 is 2.08 bits per heavy atom. The van der Waals surface area contributed by atoms with Gasteiger partial charge in [-0.25, -0.2) is 4.79 Å². The van der Waals surface area contributed by atoms with Gasteiger partial charge in [-0.2, -0.15) is 4.99 Å². The van der Waals surface area contributed by atoms with Crippen molar-refractivity contribution in [3.63, 3.8) is 0 Å². The highest BCUT2D eigenvalue weighted by atomic mass is 16.2. The number of carbonyl (C=O) groups excluding carboxylic acids is 1. The number of aliphatic imine (C=N–C) groups is 1. The summed E-state index contributed by atoms with van der Waals surface area (Å²) < 4.78 is 0. The first kappa shape index (κ1) is 10.6. The Bertz CT molecular complexity index is 217. The highest BCUT2D eigenvalue weighted by Crippen LogP contribution is 1.98. The molecule has 2 amide bonds. The van der Waals surface area contributed by atoms with E-state index in [4.69, 9.17) is 0 Å². The van der Waals surface area contributed by atoms with Crippen LogP contribution < -0.4 is 5.32 Å². The summed E-state index contributed by atoms with van der Waals surface area (Å²) in [5.74, 6) is 0.207. The van der Waals surface area contributed by atoms with E-state index in [1.165, 1.54) is 6.20 Å². The first-order valence-electron chi connectivity index (χ1n) is 3.74. The zero-order chi connectivity index (χ0) is 9.56. The summed E-state index contributed by atoms with van der Waals surface area (Å²) in [6.45, 7) is 10.8. The number of hydrogen-bond donors (Lipinski definition) is 1. The van der Waals surface area contributed by atoms with Crippen molar-refractivity contribution in [2.45, 2.75) is 13.8 Å². The van der Waals surface area contributed by atoms with Crippen LogP contribution in [-0.4, -0.2) is 11.7 Å². The molecule has 0 fully saturated rings. The summed E-state index contributed by atoms with van der Waals surface area (Å²) in [6, 6.07) is -0.409. The van der Waals surface area contributed by atoms with Crippen LogP contribution in [0.5, 0.6) is 0 Å². The molecule has 0 bridgehead atoms. The van der Waals surface area contributed by atoms with Gasteiger partial charge in [-0.3, -0.25) is 0 Å². The van der Waals surface area contributed by atoms with Crippen LogP contribution in [0, 0.1) is 5.92 Å². The summed E-state index contributed by atoms with van der Waals surface area (Å²) in [4.78, 5) is 14.7. The van der Waals surface area contributed by atoms with Crippen molar-refractivity contribution in [3.05, 3.63) is 25.4 Å². The van der Waals surface area contributed by atoms with Crippen molar-refractivity contribution in [3.8, 4) is 0 Å². The molecule has 0 rings (SSSR count). The van der Waals surface area contributed by atoms with Crippen LogP contribution in [0.4, 0.5) is 4.79 Å². The van der Waals surface area contributed by atoms with Crippen LogP contribution in [0.1, 0.15) is 13.8 Å². The largest absolute Gasteiger partial charge is 0.345 e. The molecule has 3 nitrogen and oxygen atoms in total. The molecule has 66 valence electrons. The third-order valence-corrected chi connectivity index (χ3v) is 1.26. The number of nitrogens with one attached hydrogen (secondary N) is 1. The van der Waals surface area contributed by atoms with E-state index in [9.17, 15) is 4.79 Å². The minimum absolute atomic E-state index is 0.207. The van der Waals surface area contributed by atoms with E-state index < -0.39 is 6.03 Å². The fraction of sp³-hybridized carbons (Fsp3) is 0.333. The van der Waals surface area contributed by atoms with Crippen molar-refractivity contribution >= 4 is 11.7 Å². The third kappa shape index (κ3) is 3.71. The second-order valence-corrected chi connectivity index (χ2v) is 2.55. The van der Waals surface area contributed by atoms with Gasteiger partial charge in [0.2, 0.25) is 0 Å². The Morgan fingerprint density at radius 3 is 2.42 bits per heavy atom. The Balaban J connectivity index is 4.37. The van der Waals surface area contributed by atoms with Gasteiger partial charge >= 0.3 is 6.03 Å². The molecular weight excluding hydrogens is 152 g/mol. The molecule has 0 aliphatic rings. The summed E-state index contributed by atoms with van der Waals surface area (Å²) in [6.07, 6.45) is 2.88. The van der Waals surface area contributed by atoms with E-state index in [1.807, 2.05) is 13.8 Å². The lowest BCUT2D eigenvalue weighted by atomic mass is 10.1. The van der Waals surface area contributed by atoms with E-state index in [0.29, 0.717) is 5.71 Å². The number of rotatable bonds is 3. The second-order valence-electron chi connectivity index (χ2n) is 2.55. The van der Waals surface area contributed by atoms with Gasteiger partial charge in [0, 0.05) is 5.71 Å². The van der Waals surface area contributed by atoms with Gasteiger partial charge in [0.1, 0.15) is 0 Å². The molecule has 0 aromatic heterocycles.